The molecule has 0 saturated carbocycles. The minimum Gasteiger partial charge on any atom is -0.308 e. The van der Waals surface area contributed by atoms with E-state index in [1.807, 2.05) is 0 Å². The van der Waals surface area contributed by atoms with Crippen LogP contribution in [0.25, 0.3) is 104 Å². The van der Waals surface area contributed by atoms with E-state index in [1.165, 1.54) is 76.1 Å². The van der Waals surface area contributed by atoms with Crippen LogP contribution in [-0.4, -0.2) is 18.5 Å². The molecule has 7 aromatic carbocycles. The van der Waals surface area contributed by atoms with Crippen LogP contribution < -0.4 is 0 Å². The van der Waals surface area contributed by atoms with Crippen molar-refractivity contribution in [3.63, 3.8) is 0 Å². The lowest BCUT2D eigenvalue weighted by Crippen LogP contribution is -1.98. The van der Waals surface area contributed by atoms with Crippen LogP contribution in [-0.2, 0) is 0 Å². The average Bonchev–Trinajstić information content (AvgIpc) is 3.89. The van der Waals surface area contributed by atoms with Crippen LogP contribution in [0.4, 0.5) is 0 Å². The second-order valence-electron chi connectivity index (χ2n) is 13.2. The summed E-state index contributed by atoms with van der Waals surface area (Å²) in [6.45, 7) is 0. The van der Waals surface area contributed by atoms with Crippen LogP contribution in [0.3, 0.4) is 0 Å². The summed E-state index contributed by atoms with van der Waals surface area (Å²) >= 11 is 0. The Labute approximate surface area is 279 Å². The SMILES string of the molecule is c1ccc(-n2c3ccccc3c3cc(-n4c5cc6c7ccccc7n7c8ccccc8c(c5c5ccc8ccccc8c54)c67)cnc32)cc1. The van der Waals surface area contributed by atoms with Crippen molar-refractivity contribution in [3.05, 3.63) is 158 Å². The molecule has 0 aliphatic heterocycles. The van der Waals surface area contributed by atoms with Gasteiger partial charge in [-0.25, -0.2) is 4.98 Å². The van der Waals surface area contributed by atoms with Gasteiger partial charge < -0.3 is 8.97 Å². The molecule has 12 aromatic rings. The minimum atomic E-state index is 0.958. The summed E-state index contributed by atoms with van der Waals surface area (Å²) < 4.78 is 7.24. The smallest absolute Gasteiger partial charge is 0.145 e. The van der Waals surface area contributed by atoms with E-state index in [2.05, 4.69) is 171 Å². The summed E-state index contributed by atoms with van der Waals surface area (Å²) in [6.07, 6.45) is 2.07. The van der Waals surface area contributed by atoms with Crippen LogP contribution in [0.1, 0.15) is 0 Å². The molecule has 5 aromatic heterocycles. The third-order valence-corrected chi connectivity index (χ3v) is 10.8. The molecule has 0 unspecified atom stereocenters. The molecule has 4 heteroatoms. The molecule has 4 nitrogen and oxygen atoms in total. The first kappa shape index (κ1) is 25.4. The second kappa shape index (κ2) is 9.03. The van der Waals surface area contributed by atoms with E-state index >= 15 is 0 Å². The molecule has 0 bridgehead atoms. The molecule has 0 amide bonds. The van der Waals surface area contributed by atoms with Gasteiger partial charge in [0, 0.05) is 54.2 Å². The van der Waals surface area contributed by atoms with Crippen molar-refractivity contribution in [2.24, 2.45) is 0 Å². The highest BCUT2D eigenvalue weighted by Gasteiger charge is 2.25. The van der Waals surface area contributed by atoms with Gasteiger partial charge in [-0.15, -0.1) is 0 Å². The maximum atomic E-state index is 5.27. The zero-order valence-electron chi connectivity index (χ0n) is 26.3. The first-order valence-corrected chi connectivity index (χ1v) is 16.8. The molecule has 0 aliphatic rings. The predicted molar refractivity (Wildman–Crippen MR) is 205 cm³/mol. The fourth-order valence-electron chi connectivity index (χ4n) is 8.83. The van der Waals surface area contributed by atoms with Crippen LogP contribution in [0.5, 0.6) is 0 Å². The predicted octanol–water partition coefficient (Wildman–Crippen LogP) is 11.6. The van der Waals surface area contributed by atoms with Gasteiger partial charge in [0.15, 0.2) is 0 Å². The van der Waals surface area contributed by atoms with Gasteiger partial charge in [-0.1, -0.05) is 109 Å². The largest absolute Gasteiger partial charge is 0.308 e. The number of fused-ring (bicyclic) bond motifs is 15. The molecule has 226 valence electrons. The third-order valence-electron chi connectivity index (χ3n) is 10.8. The highest BCUT2D eigenvalue weighted by atomic mass is 15.1. The molecule has 5 heterocycles. The Morgan fingerprint density at radius 2 is 1.02 bits per heavy atom. The number of pyridine rings is 1. The van der Waals surface area contributed by atoms with Gasteiger partial charge in [0.25, 0.3) is 0 Å². The van der Waals surface area contributed by atoms with Crippen LogP contribution in [0.15, 0.2) is 158 Å². The molecule has 12 rings (SSSR count). The quantitative estimate of drug-likeness (QED) is 0.188. The molecule has 0 atom stereocenters. The molecule has 0 aliphatic carbocycles. The topological polar surface area (TPSA) is 27.2 Å². The Morgan fingerprint density at radius 1 is 0.367 bits per heavy atom. The number of benzene rings is 7. The zero-order chi connectivity index (χ0) is 31.8. The number of nitrogens with zero attached hydrogens (tertiary/aromatic N) is 4. The summed E-state index contributed by atoms with van der Waals surface area (Å²) in [5, 5.41) is 12.5. The zero-order valence-corrected chi connectivity index (χ0v) is 26.3. The Balaban J connectivity index is 1.31. The number of para-hydroxylation sites is 4. The van der Waals surface area contributed by atoms with Crippen molar-refractivity contribution < 1.29 is 0 Å². The number of aromatic nitrogens is 4. The monoisotopic (exact) mass is 622 g/mol. The molecule has 0 radical (unpaired) electrons. The van der Waals surface area contributed by atoms with Crippen molar-refractivity contribution in [2.75, 3.05) is 0 Å². The summed E-state index contributed by atoms with van der Waals surface area (Å²) in [7, 11) is 0. The Bertz CT molecular complexity index is 3320. The van der Waals surface area contributed by atoms with Gasteiger partial charge in [0.2, 0.25) is 0 Å². The van der Waals surface area contributed by atoms with Crippen molar-refractivity contribution >= 4 is 92.6 Å². The van der Waals surface area contributed by atoms with E-state index < -0.39 is 0 Å². The number of rotatable bonds is 2. The van der Waals surface area contributed by atoms with E-state index in [0.717, 1.165) is 27.9 Å². The summed E-state index contributed by atoms with van der Waals surface area (Å²) in [5.41, 5.74) is 10.5. The normalized spacial score (nSPS) is 12.5. The first-order chi connectivity index (χ1) is 24.3. The first-order valence-electron chi connectivity index (χ1n) is 16.8. The van der Waals surface area contributed by atoms with Gasteiger partial charge in [-0.3, -0.25) is 4.57 Å². The Hall–Kier alpha value is -6.65. The van der Waals surface area contributed by atoms with Gasteiger partial charge in [0.05, 0.1) is 45.0 Å². The lowest BCUT2D eigenvalue weighted by molar-refractivity contribution is 1.11. The Kier molecular flexibility index (Phi) is 4.69. The molecular formula is C45H26N4. The molecular weight excluding hydrogens is 597 g/mol. The van der Waals surface area contributed by atoms with Crippen LogP contribution in [0, 0.1) is 0 Å². The Morgan fingerprint density at radius 3 is 1.84 bits per heavy atom. The van der Waals surface area contributed by atoms with Crippen LogP contribution in [0.2, 0.25) is 0 Å². The van der Waals surface area contributed by atoms with Gasteiger partial charge in [0.1, 0.15) is 5.65 Å². The van der Waals surface area contributed by atoms with E-state index in [4.69, 9.17) is 4.98 Å². The van der Waals surface area contributed by atoms with Crippen LogP contribution >= 0.6 is 0 Å². The van der Waals surface area contributed by atoms with Crippen molar-refractivity contribution in [1.82, 2.24) is 18.5 Å². The fraction of sp³-hybridized carbons (Fsp3) is 0. The summed E-state index contributed by atoms with van der Waals surface area (Å²) in [5.74, 6) is 0. The minimum absolute atomic E-state index is 0.958. The lowest BCUT2D eigenvalue weighted by atomic mass is 10.0. The van der Waals surface area contributed by atoms with Crippen molar-refractivity contribution in [1.29, 1.82) is 0 Å². The second-order valence-corrected chi connectivity index (χ2v) is 13.2. The van der Waals surface area contributed by atoms with E-state index in [-0.39, 0.29) is 0 Å². The van der Waals surface area contributed by atoms with E-state index in [9.17, 15) is 0 Å². The maximum absolute atomic E-state index is 5.27. The molecule has 0 spiro atoms. The molecule has 49 heavy (non-hydrogen) atoms. The van der Waals surface area contributed by atoms with Gasteiger partial charge in [-0.2, -0.15) is 0 Å². The van der Waals surface area contributed by atoms with Crippen molar-refractivity contribution in [2.45, 2.75) is 0 Å². The standard InChI is InChI=1S/C45H26N4/c1-2-13-28(14-3-1)48-37-19-9-7-17-32(37)36-24-29(26-46-45(36)48)47-40-25-35-31-16-6-10-20-38(31)49-39-21-11-8-18-33(39)42(44(35)49)41(40)34-23-22-27-12-4-5-15-30(27)43(34)47/h1-26H. The molecule has 0 fully saturated rings. The molecule has 0 N–H and O–H groups in total. The van der Waals surface area contributed by atoms with E-state index in [1.54, 1.807) is 0 Å². The fourth-order valence-corrected chi connectivity index (χ4v) is 8.83. The summed E-state index contributed by atoms with van der Waals surface area (Å²) in [4.78, 5) is 5.27. The highest BCUT2D eigenvalue weighted by Crippen LogP contribution is 2.48. The van der Waals surface area contributed by atoms with Crippen molar-refractivity contribution in [3.8, 4) is 11.4 Å². The van der Waals surface area contributed by atoms with Gasteiger partial charge in [-0.05, 0) is 47.9 Å². The lowest BCUT2D eigenvalue weighted by Gasteiger charge is -2.11. The third kappa shape index (κ3) is 3.12. The highest BCUT2D eigenvalue weighted by molar-refractivity contribution is 6.37. The maximum Gasteiger partial charge on any atom is 0.145 e. The average molecular weight is 623 g/mol. The van der Waals surface area contributed by atoms with Gasteiger partial charge >= 0.3 is 0 Å². The van der Waals surface area contributed by atoms with E-state index in [0.29, 0.717) is 0 Å². The number of hydrogen-bond acceptors (Lipinski definition) is 1. The number of hydrogen-bond donors (Lipinski definition) is 0. The molecule has 0 saturated heterocycles. The summed E-state index contributed by atoms with van der Waals surface area (Å²) in [6, 6.07) is 55.1.